The highest BCUT2D eigenvalue weighted by atomic mass is 16.5. The van der Waals surface area contributed by atoms with Crippen LogP contribution in [0.4, 0.5) is 5.69 Å². The van der Waals surface area contributed by atoms with Crippen LogP contribution in [0.5, 0.6) is 5.75 Å². The fourth-order valence-electron chi connectivity index (χ4n) is 3.35. The van der Waals surface area contributed by atoms with E-state index in [2.05, 4.69) is 9.88 Å². The third-order valence-corrected chi connectivity index (χ3v) is 4.76. The molecule has 0 spiro atoms. The molecule has 4 aromatic rings. The molecule has 2 heterocycles. The number of hydrogen-bond donors (Lipinski definition) is 1. The number of anilines is 1. The lowest BCUT2D eigenvalue weighted by Crippen LogP contribution is -2.14. The molecule has 0 radical (unpaired) electrons. The maximum atomic E-state index is 12.4. The molecule has 0 fully saturated rings. The van der Waals surface area contributed by atoms with E-state index in [1.807, 2.05) is 72.5 Å². The summed E-state index contributed by atoms with van der Waals surface area (Å²) in [7, 11) is 3.66. The van der Waals surface area contributed by atoms with Crippen molar-refractivity contribution in [1.82, 2.24) is 9.13 Å². The van der Waals surface area contributed by atoms with Gasteiger partial charge in [0.25, 0.3) is 0 Å². The van der Waals surface area contributed by atoms with E-state index in [0.29, 0.717) is 13.0 Å². The second kappa shape index (κ2) is 6.59. The van der Waals surface area contributed by atoms with Crippen molar-refractivity contribution in [3.63, 3.8) is 0 Å². The minimum absolute atomic E-state index is 0.0108. The summed E-state index contributed by atoms with van der Waals surface area (Å²) in [5.41, 5.74) is 3.06. The molecule has 5 nitrogen and oxygen atoms in total. The monoisotopic (exact) mass is 347 g/mol. The van der Waals surface area contributed by atoms with Gasteiger partial charge in [0.2, 0.25) is 5.91 Å². The molecule has 0 aliphatic carbocycles. The molecule has 0 bridgehead atoms. The van der Waals surface area contributed by atoms with Crippen LogP contribution in [0.25, 0.3) is 21.8 Å². The summed E-state index contributed by atoms with van der Waals surface area (Å²) in [6.45, 7) is 0.631. The van der Waals surface area contributed by atoms with Crippen molar-refractivity contribution in [1.29, 1.82) is 0 Å². The molecule has 0 unspecified atom stereocenters. The van der Waals surface area contributed by atoms with Crippen molar-refractivity contribution in [2.75, 3.05) is 12.4 Å². The van der Waals surface area contributed by atoms with Crippen LogP contribution in [0.1, 0.15) is 6.42 Å². The first-order valence-corrected chi connectivity index (χ1v) is 8.62. The molecular formula is C21H21N3O2. The predicted molar refractivity (Wildman–Crippen MR) is 105 cm³/mol. The van der Waals surface area contributed by atoms with Gasteiger partial charge in [0, 0.05) is 54.2 Å². The molecule has 26 heavy (non-hydrogen) atoms. The number of benzene rings is 2. The Kier molecular flexibility index (Phi) is 4.13. The van der Waals surface area contributed by atoms with Crippen molar-refractivity contribution < 1.29 is 9.53 Å². The van der Waals surface area contributed by atoms with E-state index in [1.54, 1.807) is 7.11 Å². The van der Waals surface area contributed by atoms with Gasteiger partial charge in [-0.3, -0.25) is 4.79 Å². The van der Waals surface area contributed by atoms with E-state index in [9.17, 15) is 4.79 Å². The van der Waals surface area contributed by atoms with Gasteiger partial charge in [0.05, 0.1) is 12.8 Å². The maximum absolute atomic E-state index is 12.4. The first kappa shape index (κ1) is 16.3. The molecule has 4 rings (SSSR count). The van der Waals surface area contributed by atoms with Gasteiger partial charge in [0.15, 0.2) is 0 Å². The first-order chi connectivity index (χ1) is 12.7. The molecule has 2 aromatic carbocycles. The van der Waals surface area contributed by atoms with Crippen LogP contribution in [0.3, 0.4) is 0 Å². The molecule has 0 aliphatic heterocycles. The van der Waals surface area contributed by atoms with Gasteiger partial charge >= 0.3 is 0 Å². The summed E-state index contributed by atoms with van der Waals surface area (Å²) in [5.74, 6) is 0.848. The lowest BCUT2D eigenvalue weighted by molar-refractivity contribution is -0.116. The van der Waals surface area contributed by atoms with E-state index in [-0.39, 0.29) is 5.91 Å². The lowest BCUT2D eigenvalue weighted by Gasteiger charge is -2.09. The van der Waals surface area contributed by atoms with Crippen LogP contribution in [0.2, 0.25) is 0 Å². The summed E-state index contributed by atoms with van der Waals surface area (Å²) in [5, 5.41) is 5.21. The smallest absolute Gasteiger partial charge is 0.226 e. The average molecular weight is 347 g/mol. The zero-order valence-corrected chi connectivity index (χ0v) is 14.9. The van der Waals surface area contributed by atoms with Crippen LogP contribution in [-0.2, 0) is 18.4 Å². The summed E-state index contributed by atoms with van der Waals surface area (Å²) in [6, 6.07) is 16.0. The Bertz CT molecular complexity index is 1090. The Morgan fingerprint density at radius 1 is 1.08 bits per heavy atom. The van der Waals surface area contributed by atoms with E-state index < -0.39 is 0 Å². The molecule has 5 heteroatoms. The molecular weight excluding hydrogens is 326 g/mol. The third-order valence-electron chi connectivity index (χ3n) is 4.76. The molecule has 132 valence electrons. The Hall–Kier alpha value is -3.21. The van der Waals surface area contributed by atoms with Gasteiger partial charge < -0.3 is 19.2 Å². The number of rotatable bonds is 5. The number of ether oxygens (including phenoxy) is 1. The van der Waals surface area contributed by atoms with Crippen LogP contribution in [-0.4, -0.2) is 22.2 Å². The second-order valence-electron chi connectivity index (χ2n) is 6.40. The zero-order chi connectivity index (χ0) is 18.1. The normalized spacial score (nSPS) is 11.2. The maximum Gasteiger partial charge on any atom is 0.226 e. The molecule has 1 amide bonds. The van der Waals surface area contributed by atoms with Crippen LogP contribution in [0.15, 0.2) is 60.9 Å². The number of aromatic nitrogens is 2. The summed E-state index contributed by atoms with van der Waals surface area (Å²) >= 11 is 0. The van der Waals surface area contributed by atoms with Gasteiger partial charge in [-0.1, -0.05) is 6.07 Å². The number of nitrogens with one attached hydrogen (secondary N) is 1. The Balaban J connectivity index is 1.47. The SMILES string of the molecule is COc1ccc2c(ccn2CCC(=O)Nc2cccc3c2ccn3C)c1. The fourth-order valence-corrected chi connectivity index (χ4v) is 3.35. The van der Waals surface area contributed by atoms with Crippen molar-refractivity contribution in [2.45, 2.75) is 13.0 Å². The van der Waals surface area contributed by atoms with E-state index in [4.69, 9.17) is 4.74 Å². The minimum atomic E-state index is 0.0108. The van der Waals surface area contributed by atoms with Gasteiger partial charge in [-0.05, 0) is 42.5 Å². The Morgan fingerprint density at radius 3 is 2.81 bits per heavy atom. The zero-order valence-electron chi connectivity index (χ0n) is 14.9. The topological polar surface area (TPSA) is 48.2 Å². The minimum Gasteiger partial charge on any atom is -0.497 e. The number of aryl methyl sites for hydroxylation is 2. The number of fused-ring (bicyclic) bond motifs is 2. The van der Waals surface area contributed by atoms with Gasteiger partial charge in [-0.2, -0.15) is 0 Å². The standard InChI is InChI=1S/C21H21N3O2/c1-23-11-9-17-18(4-3-5-20(17)23)22-21(25)10-13-24-12-8-15-14-16(26-2)6-7-19(15)24/h3-9,11-12,14H,10,13H2,1-2H3,(H,22,25). The van der Waals surface area contributed by atoms with Crippen LogP contribution >= 0.6 is 0 Å². The number of carbonyl (C=O) groups excluding carboxylic acids is 1. The average Bonchev–Trinajstić information content (AvgIpc) is 3.24. The molecule has 1 N–H and O–H groups in total. The van der Waals surface area contributed by atoms with Crippen LogP contribution < -0.4 is 10.1 Å². The third kappa shape index (κ3) is 2.92. The summed E-state index contributed by atoms with van der Waals surface area (Å²) < 4.78 is 9.40. The lowest BCUT2D eigenvalue weighted by atomic mass is 10.2. The van der Waals surface area contributed by atoms with Gasteiger partial charge in [-0.15, -0.1) is 0 Å². The Labute approximate surface area is 151 Å². The number of carbonyl (C=O) groups is 1. The summed E-state index contributed by atoms with van der Waals surface area (Å²) in [6.07, 6.45) is 4.43. The van der Waals surface area contributed by atoms with Gasteiger partial charge in [0.1, 0.15) is 5.75 Å². The number of methoxy groups -OCH3 is 1. The highest BCUT2D eigenvalue weighted by molar-refractivity contribution is 6.01. The molecule has 0 saturated heterocycles. The first-order valence-electron chi connectivity index (χ1n) is 8.62. The Morgan fingerprint density at radius 2 is 1.96 bits per heavy atom. The quantitative estimate of drug-likeness (QED) is 0.589. The highest BCUT2D eigenvalue weighted by Gasteiger charge is 2.09. The predicted octanol–water partition coefficient (Wildman–Crippen LogP) is 4.17. The van der Waals surface area contributed by atoms with E-state index in [0.717, 1.165) is 33.2 Å². The number of hydrogen-bond acceptors (Lipinski definition) is 2. The van der Waals surface area contributed by atoms with Crippen molar-refractivity contribution in [3.05, 3.63) is 60.9 Å². The fraction of sp³-hybridized carbons (Fsp3) is 0.190. The number of amides is 1. The van der Waals surface area contributed by atoms with E-state index >= 15 is 0 Å². The second-order valence-corrected chi connectivity index (χ2v) is 6.40. The van der Waals surface area contributed by atoms with E-state index in [1.165, 1.54) is 0 Å². The van der Waals surface area contributed by atoms with Crippen molar-refractivity contribution in [3.8, 4) is 5.75 Å². The van der Waals surface area contributed by atoms with Gasteiger partial charge in [-0.25, -0.2) is 0 Å². The molecule has 0 saturated carbocycles. The highest BCUT2D eigenvalue weighted by Crippen LogP contribution is 2.25. The summed E-state index contributed by atoms with van der Waals surface area (Å²) in [4.78, 5) is 12.4. The molecule has 0 atom stereocenters. The van der Waals surface area contributed by atoms with Crippen molar-refractivity contribution >= 4 is 33.4 Å². The molecule has 0 aliphatic rings. The number of nitrogens with zero attached hydrogens (tertiary/aromatic N) is 2. The molecule has 2 aromatic heterocycles. The van der Waals surface area contributed by atoms with Crippen molar-refractivity contribution in [2.24, 2.45) is 7.05 Å². The van der Waals surface area contributed by atoms with Crippen LogP contribution in [0, 0.1) is 0 Å². The largest absolute Gasteiger partial charge is 0.497 e.